The summed E-state index contributed by atoms with van der Waals surface area (Å²) < 4.78 is 5.32. The molecule has 1 amide bonds. The monoisotopic (exact) mass is 225 g/mol. The fourth-order valence-corrected chi connectivity index (χ4v) is 2.75. The number of Topliss-reactive ketones (excluding diaryl/α,β-unsaturated/α-hetero) is 1. The lowest BCUT2D eigenvalue weighted by molar-refractivity contribution is -0.125. The van der Waals surface area contributed by atoms with Gasteiger partial charge in [0.1, 0.15) is 11.4 Å². The highest BCUT2D eigenvalue weighted by molar-refractivity contribution is 5.83. The molecule has 2 aliphatic heterocycles. The second-order valence-electron chi connectivity index (χ2n) is 5.83. The molecule has 0 unspecified atom stereocenters. The van der Waals surface area contributed by atoms with Gasteiger partial charge in [-0.05, 0) is 40.0 Å². The molecule has 2 bridgehead atoms. The van der Waals surface area contributed by atoms with Crippen LogP contribution in [0.2, 0.25) is 0 Å². The first kappa shape index (κ1) is 11.4. The van der Waals surface area contributed by atoms with E-state index in [-0.39, 0.29) is 23.8 Å². The van der Waals surface area contributed by atoms with Gasteiger partial charge in [-0.15, -0.1) is 0 Å². The Kier molecular flexibility index (Phi) is 2.48. The van der Waals surface area contributed by atoms with Crippen LogP contribution in [0, 0.1) is 11.8 Å². The van der Waals surface area contributed by atoms with Crippen LogP contribution < -0.4 is 0 Å². The Labute approximate surface area is 95.9 Å². The van der Waals surface area contributed by atoms with Crippen molar-refractivity contribution in [1.82, 2.24) is 4.90 Å². The zero-order valence-corrected chi connectivity index (χ0v) is 10.3. The van der Waals surface area contributed by atoms with Gasteiger partial charge in [0.05, 0.1) is 0 Å². The second kappa shape index (κ2) is 3.47. The zero-order chi connectivity index (χ0) is 12.1. The van der Waals surface area contributed by atoms with E-state index in [1.54, 1.807) is 11.8 Å². The predicted octanol–water partition coefficient (Wildman–Crippen LogP) is 1.83. The maximum absolute atomic E-state index is 11.9. The van der Waals surface area contributed by atoms with Gasteiger partial charge >= 0.3 is 6.09 Å². The fraction of sp³-hybridized carbons (Fsp3) is 0.833. The summed E-state index contributed by atoms with van der Waals surface area (Å²) in [5.41, 5.74) is -0.463. The minimum atomic E-state index is -0.463. The van der Waals surface area contributed by atoms with E-state index in [2.05, 4.69) is 0 Å². The number of nitrogens with zero attached hydrogens (tertiary/aromatic N) is 1. The summed E-state index contributed by atoms with van der Waals surface area (Å²) in [6, 6.07) is 0.0948. The molecule has 90 valence electrons. The first-order valence-corrected chi connectivity index (χ1v) is 5.79. The van der Waals surface area contributed by atoms with Gasteiger partial charge < -0.3 is 9.64 Å². The number of hydrogen-bond donors (Lipinski definition) is 0. The van der Waals surface area contributed by atoms with E-state index >= 15 is 0 Å². The highest BCUT2D eigenvalue weighted by Crippen LogP contribution is 2.47. The van der Waals surface area contributed by atoms with Crippen LogP contribution in [-0.4, -0.2) is 35.0 Å². The fourth-order valence-electron chi connectivity index (χ4n) is 2.75. The van der Waals surface area contributed by atoms with Crippen LogP contribution in [0.1, 0.15) is 34.1 Å². The van der Waals surface area contributed by atoms with Crippen LogP contribution in [0.3, 0.4) is 0 Å². The summed E-state index contributed by atoms with van der Waals surface area (Å²) in [5.74, 6) is 0.634. The van der Waals surface area contributed by atoms with Crippen molar-refractivity contribution in [3.63, 3.8) is 0 Å². The van der Waals surface area contributed by atoms with Crippen LogP contribution in [0.15, 0.2) is 0 Å². The van der Waals surface area contributed by atoms with Crippen molar-refractivity contribution in [3.8, 4) is 0 Å². The molecule has 0 aromatic rings. The summed E-state index contributed by atoms with van der Waals surface area (Å²) in [6.07, 6.45) is 0.687. The molecule has 3 aliphatic rings. The van der Waals surface area contributed by atoms with E-state index in [0.29, 0.717) is 12.5 Å². The number of carbonyl (C=O) groups excluding carboxylic acids is 2. The maximum Gasteiger partial charge on any atom is 0.410 e. The predicted molar refractivity (Wildman–Crippen MR) is 59.0 cm³/mol. The van der Waals surface area contributed by atoms with Crippen molar-refractivity contribution in [3.05, 3.63) is 0 Å². The van der Waals surface area contributed by atoms with E-state index in [1.165, 1.54) is 0 Å². The minimum absolute atomic E-state index is 0.0625. The second-order valence-corrected chi connectivity index (χ2v) is 5.83. The van der Waals surface area contributed by atoms with Gasteiger partial charge in [-0.1, -0.05) is 0 Å². The Morgan fingerprint density at radius 1 is 1.31 bits per heavy atom. The molecule has 0 radical (unpaired) electrons. The molecular weight excluding hydrogens is 206 g/mol. The maximum atomic E-state index is 11.9. The van der Waals surface area contributed by atoms with E-state index in [4.69, 9.17) is 4.74 Å². The van der Waals surface area contributed by atoms with Crippen LogP contribution >= 0.6 is 0 Å². The normalized spacial score (nSPS) is 32.2. The standard InChI is InChI=1S/C12H19NO3/c1-7(14)10-8-5-9(10)13(6-8)11(15)16-12(2,3)4/h8-10H,5-6H2,1-4H3/t8-,9-,10+/m0/s1. The highest BCUT2D eigenvalue weighted by atomic mass is 16.6. The smallest absolute Gasteiger partial charge is 0.410 e. The molecule has 1 aliphatic carbocycles. The summed E-state index contributed by atoms with van der Waals surface area (Å²) in [6.45, 7) is 7.86. The van der Waals surface area contributed by atoms with Gasteiger partial charge in [-0.3, -0.25) is 4.79 Å². The molecule has 16 heavy (non-hydrogen) atoms. The number of ketones is 1. The molecule has 1 saturated carbocycles. The third-order valence-electron chi connectivity index (χ3n) is 3.40. The van der Waals surface area contributed by atoms with Crippen LogP contribution in [0.5, 0.6) is 0 Å². The van der Waals surface area contributed by atoms with E-state index in [9.17, 15) is 9.59 Å². The third kappa shape index (κ3) is 1.81. The average Bonchev–Trinajstić information content (AvgIpc) is 2.53. The molecule has 4 nitrogen and oxygen atoms in total. The molecule has 0 spiro atoms. The van der Waals surface area contributed by atoms with E-state index in [0.717, 1.165) is 6.42 Å². The molecular formula is C12H19NO3. The van der Waals surface area contributed by atoms with Crippen molar-refractivity contribution in [2.75, 3.05) is 6.54 Å². The third-order valence-corrected chi connectivity index (χ3v) is 3.40. The summed E-state index contributed by atoms with van der Waals surface area (Å²) in [7, 11) is 0. The number of rotatable bonds is 1. The Hall–Kier alpha value is -1.06. The Morgan fingerprint density at radius 3 is 2.38 bits per heavy atom. The summed E-state index contributed by atoms with van der Waals surface area (Å²) in [4.78, 5) is 24.9. The van der Waals surface area contributed by atoms with Gasteiger partial charge in [0.15, 0.2) is 0 Å². The first-order chi connectivity index (χ1) is 7.29. The molecule has 0 aromatic heterocycles. The lowest BCUT2D eigenvalue weighted by Crippen LogP contribution is -2.45. The van der Waals surface area contributed by atoms with Crippen molar-refractivity contribution in [2.45, 2.75) is 45.8 Å². The molecule has 0 aromatic carbocycles. The van der Waals surface area contributed by atoms with Crippen molar-refractivity contribution >= 4 is 11.9 Å². The van der Waals surface area contributed by atoms with Gasteiger partial charge in [0, 0.05) is 18.5 Å². The van der Waals surface area contributed by atoms with Gasteiger partial charge in [0.2, 0.25) is 0 Å². The van der Waals surface area contributed by atoms with Crippen molar-refractivity contribution in [2.24, 2.45) is 11.8 Å². The van der Waals surface area contributed by atoms with Crippen LogP contribution in [-0.2, 0) is 9.53 Å². The minimum Gasteiger partial charge on any atom is -0.444 e. The van der Waals surface area contributed by atoms with Crippen LogP contribution in [0.25, 0.3) is 0 Å². The summed E-state index contributed by atoms with van der Waals surface area (Å²) >= 11 is 0. The summed E-state index contributed by atoms with van der Waals surface area (Å²) in [5, 5.41) is 0. The van der Waals surface area contributed by atoms with Crippen molar-refractivity contribution in [1.29, 1.82) is 0 Å². The molecule has 3 fully saturated rings. The van der Waals surface area contributed by atoms with Gasteiger partial charge in [0.25, 0.3) is 0 Å². The molecule has 2 heterocycles. The Bertz CT molecular complexity index is 332. The van der Waals surface area contributed by atoms with Gasteiger partial charge in [-0.25, -0.2) is 4.79 Å². The van der Waals surface area contributed by atoms with Crippen molar-refractivity contribution < 1.29 is 14.3 Å². The molecule has 3 atom stereocenters. The number of hydrogen-bond acceptors (Lipinski definition) is 3. The highest BCUT2D eigenvalue weighted by Gasteiger charge is 2.56. The van der Waals surface area contributed by atoms with Gasteiger partial charge in [-0.2, -0.15) is 0 Å². The number of fused-ring (bicyclic) bond motifs is 1. The number of ether oxygens (including phenoxy) is 1. The lowest BCUT2D eigenvalue weighted by atomic mass is 9.72. The van der Waals surface area contributed by atoms with E-state index in [1.807, 2.05) is 20.8 Å². The topological polar surface area (TPSA) is 46.6 Å². The van der Waals surface area contributed by atoms with E-state index < -0.39 is 5.60 Å². The number of carbonyl (C=O) groups is 2. The lowest BCUT2D eigenvalue weighted by Gasteiger charge is -2.34. The SMILES string of the molecule is CC(=O)[C@@H]1[C@H]2C[C@@H]1N(C(=O)OC(C)(C)C)C2. The van der Waals surface area contributed by atoms with Crippen LogP contribution in [0.4, 0.5) is 4.79 Å². The Morgan fingerprint density at radius 2 is 1.94 bits per heavy atom. The average molecular weight is 225 g/mol. The largest absolute Gasteiger partial charge is 0.444 e. The molecule has 3 rings (SSSR count). The zero-order valence-electron chi connectivity index (χ0n) is 10.3. The first-order valence-electron chi connectivity index (χ1n) is 5.79. The molecule has 0 N–H and O–H groups in total. The molecule has 4 heteroatoms. The quantitative estimate of drug-likeness (QED) is 0.684. The molecule has 2 saturated heterocycles. The number of amides is 1. The Balaban J connectivity index is 1.99.